The number of piperidine rings is 1. The van der Waals surface area contributed by atoms with Gasteiger partial charge < -0.3 is 10.1 Å². The molecule has 6 heteroatoms. The van der Waals surface area contributed by atoms with Crippen LogP contribution in [0.4, 0.5) is 19.3 Å². The molecule has 1 saturated heterocycles. The third-order valence-corrected chi connectivity index (χ3v) is 5.06. The van der Waals surface area contributed by atoms with E-state index in [1.807, 2.05) is 0 Å². The minimum atomic E-state index is -0.680. The lowest BCUT2D eigenvalue weighted by Gasteiger charge is -2.13. The van der Waals surface area contributed by atoms with Gasteiger partial charge in [0.2, 0.25) is 0 Å². The molecule has 1 heterocycles. The number of carbonyl (C=O) groups excluding carboxylic acids is 1. The Bertz CT molecular complexity index is 802. The zero-order valence-electron chi connectivity index (χ0n) is 13.5. The number of nitrogens with one attached hydrogen (secondary N) is 2. The maximum Gasteiger partial charge on any atom is 0.411 e. The van der Waals surface area contributed by atoms with Crippen molar-refractivity contribution in [2.45, 2.75) is 0 Å². The molecule has 2 aromatic rings. The van der Waals surface area contributed by atoms with Crippen molar-refractivity contribution in [1.29, 1.82) is 0 Å². The fourth-order valence-corrected chi connectivity index (χ4v) is 3.65. The molecule has 2 N–H and O–H groups in total. The highest BCUT2D eigenvalue weighted by atomic mass is 19.1. The quantitative estimate of drug-likeness (QED) is 0.890. The molecule has 0 radical (unpaired) electrons. The Labute approximate surface area is 144 Å². The van der Waals surface area contributed by atoms with E-state index < -0.39 is 17.7 Å². The summed E-state index contributed by atoms with van der Waals surface area (Å²) in [5.41, 5.74) is 1.13. The number of hydrogen-bond acceptors (Lipinski definition) is 3. The van der Waals surface area contributed by atoms with Crippen LogP contribution in [0.1, 0.15) is 0 Å². The molecule has 1 saturated carbocycles. The zero-order valence-corrected chi connectivity index (χ0v) is 13.5. The van der Waals surface area contributed by atoms with Crippen molar-refractivity contribution in [2.24, 2.45) is 17.8 Å². The molecule has 0 spiro atoms. The molecule has 0 bridgehead atoms. The lowest BCUT2D eigenvalue weighted by atomic mass is 10.0. The van der Waals surface area contributed by atoms with Gasteiger partial charge in [0.05, 0.1) is 12.3 Å². The van der Waals surface area contributed by atoms with E-state index in [1.54, 1.807) is 24.3 Å². The number of ether oxygens (including phenoxy) is 1. The minimum absolute atomic E-state index is 0.222. The zero-order chi connectivity index (χ0) is 17.4. The molecule has 1 aliphatic carbocycles. The topological polar surface area (TPSA) is 50.4 Å². The number of para-hydroxylation sites is 1. The van der Waals surface area contributed by atoms with Crippen LogP contribution in [0.5, 0.6) is 0 Å². The molecule has 2 unspecified atom stereocenters. The third kappa shape index (κ3) is 3.22. The summed E-state index contributed by atoms with van der Waals surface area (Å²) in [5.74, 6) is 0.357. The first-order valence-electron chi connectivity index (χ1n) is 8.32. The second kappa shape index (κ2) is 6.44. The van der Waals surface area contributed by atoms with E-state index in [4.69, 9.17) is 4.74 Å². The summed E-state index contributed by atoms with van der Waals surface area (Å²) in [6.45, 7) is 2.38. The van der Waals surface area contributed by atoms with Gasteiger partial charge in [0.15, 0.2) is 0 Å². The number of rotatable bonds is 4. The molecule has 130 valence electrons. The Morgan fingerprint density at radius 1 is 1.12 bits per heavy atom. The van der Waals surface area contributed by atoms with Gasteiger partial charge in [0.25, 0.3) is 0 Å². The maximum absolute atomic E-state index is 14.1. The van der Waals surface area contributed by atoms with Crippen LogP contribution in [0.3, 0.4) is 0 Å². The summed E-state index contributed by atoms with van der Waals surface area (Å²) in [6.07, 6.45) is -0.562. The fraction of sp³-hybridized carbons (Fsp3) is 0.316. The summed E-state index contributed by atoms with van der Waals surface area (Å²) >= 11 is 0. The largest absolute Gasteiger partial charge is 0.449 e. The van der Waals surface area contributed by atoms with Gasteiger partial charge in [-0.3, -0.25) is 5.32 Å². The Morgan fingerprint density at radius 3 is 2.64 bits per heavy atom. The van der Waals surface area contributed by atoms with Crippen molar-refractivity contribution in [3.63, 3.8) is 0 Å². The van der Waals surface area contributed by atoms with Crippen molar-refractivity contribution in [1.82, 2.24) is 5.32 Å². The van der Waals surface area contributed by atoms with E-state index in [9.17, 15) is 13.6 Å². The van der Waals surface area contributed by atoms with Crippen molar-refractivity contribution < 1.29 is 18.3 Å². The van der Waals surface area contributed by atoms with Crippen molar-refractivity contribution >= 4 is 11.8 Å². The van der Waals surface area contributed by atoms with Crippen LogP contribution in [-0.2, 0) is 4.74 Å². The van der Waals surface area contributed by atoms with Gasteiger partial charge in [-0.2, -0.15) is 0 Å². The van der Waals surface area contributed by atoms with Crippen LogP contribution in [0.25, 0.3) is 11.1 Å². The molecule has 2 fully saturated rings. The number of benzene rings is 2. The fourth-order valence-electron chi connectivity index (χ4n) is 3.65. The molecule has 25 heavy (non-hydrogen) atoms. The molecule has 2 aromatic carbocycles. The Balaban J connectivity index is 1.44. The van der Waals surface area contributed by atoms with Gasteiger partial charge in [0.1, 0.15) is 11.6 Å². The summed E-state index contributed by atoms with van der Waals surface area (Å²) in [4.78, 5) is 12.1. The second-order valence-electron chi connectivity index (χ2n) is 6.54. The van der Waals surface area contributed by atoms with Crippen LogP contribution >= 0.6 is 0 Å². The lowest BCUT2D eigenvalue weighted by Crippen LogP contribution is -2.20. The van der Waals surface area contributed by atoms with Crippen LogP contribution in [0.2, 0.25) is 0 Å². The van der Waals surface area contributed by atoms with Crippen LogP contribution in [0, 0.1) is 29.4 Å². The molecule has 4 nitrogen and oxygen atoms in total. The predicted molar refractivity (Wildman–Crippen MR) is 90.1 cm³/mol. The highest BCUT2D eigenvalue weighted by Crippen LogP contribution is 2.48. The third-order valence-electron chi connectivity index (χ3n) is 5.06. The van der Waals surface area contributed by atoms with Gasteiger partial charge in [-0.1, -0.05) is 18.2 Å². The number of halogens is 2. The van der Waals surface area contributed by atoms with Gasteiger partial charge in [-0.15, -0.1) is 0 Å². The number of carbonyl (C=O) groups is 1. The summed E-state index contributed by atoms with van der Waals surface area (Å²) in [5, 5.41) is 5.96. The number of fused-ring (bicyclic) bond motifs is 1. The summed E-state index contributed by atoms with van der Waals surface area (Å²) in [7, 11) is 0. The summed E-state index contributed by atoms with van der Waals surface area (Å²) in [6, 6.07) is 10.2. The van der Waals surface area contributed by atoms with Crippen molar-refractivity contribution in [3.05, 3.63) is 54.1 Å². The lowest BCUT2D eigenvalue weighted by molar-refractivity contribution is 0.151. The van der Waals surface area contributed by atoms with Gasteiger partial charge in [-0.25, -0.2) is 13.6 Å². The summed E-state index contributed by atoms with van der Waals surface area (Å²) < 4.78 is 32.5. The van der Waals surface area contributed by atoms with Crippen LogP contribution < -0.4 is 10.6 Å². The highest BCUT2D eigenvalue weighted by molar-refractivity contribution is 5.91. The molecular weight excluding hydrogens is 326 g/mol. The van der Waals surface area contributed by atoms with Crippen LogP contribution in [-0.4, -0.2) is 25.8 Å². The molecule has 2 atom stereocenters. The molecule has 0 aromatic heterocycles. The first-order chi connectivity index (χ1) is 12.1. The minimum Gasteiger partial charge on any atom is -0.449 e. The first-order valence-corrected chi connectivity index (χ1v) is 8.32. The average Bonchev–Trinajstić information content (AvgIpc) is 3.01. The van der Waals surface area contributed by atoms with E-state index >= 15 is 0 Å². The number of amides is 1. The van der Waals surface area contributed by atoms with Crippen LogP contribution in [0.15, 0.2) is 42.5 Å². The van der Waals surface area contributed by atoms with E-state index in [2.05, 4.69) is 10.6 Å². The Kier molecular flexibility index (Phi) is 4.13. The van der Waals surface area contributed by atoms with Gasteiger partial charge in [0, 0.05) is 23.1 Å². The Morgan fingerprint density at radius 2 is 1.88 bits per heavy atom. The normalized spacial score (nSPS) is 23.8. The molecular formula is C19H18F2N2O2. The second-order valence-corrected chi connectivity index (χ2v) is 6.54. The molecule has 1 amide bonds. The standard InChI is InChI=1S/C19H18F2N2O2/c20-11-5-6-12(17(21)7-11)13-3-1-2-4-18(13)23-19(24)25-10-16-14-8-22-9-15(14)16/h1-7,14-16,22H,8-10H2,(H,23,24). The van der Waals surface area contributed by atoms with E-state index in [0.717, 1.165) is 19.2 Å². The number of anilines is 1. The maximum atomic E-state index is 14.1. The van der Waals surface area contributed by atoms with E-state index in [-0.39, 0.29) is 5.56 Å². The monoisotopic (exact) mass is 344 g/mol. The molecule has 4 rings (SSSR count). The van der Waals surface area contributed by atoms with Crippen molar-refractivity contribution in [2.75, 3.05) is 25.0 Å². The smallest absolute Gasteiger partial charge is 0.411 e. The molecule has 2 aliphatic rings. The first kappa shape index (κ1) is 16.0. The number of hydrogen-bond donors (Lipinski definition) is 2. The SMILES string of the molecule is O=C(Nc1ccccc1-c1ccc(F)cc1F)OCC1C2CNCC21. The van der Waals surface area contributed by atoms with Gasteiger partial charge >= 0.3 is 6.09 Å². The Hall–Kier alpha value is -2.47. The van der Waals surface area contributed by atoms with E-state index in [1.165, 1.54) is 12.1 Å². The average molecular weight is 344 g/mol. The predicted octanol–water partition coefficient (Wildman–Crippen LogP) is 3.65. The van der Waals surface area contributed by atoms with Crippen molar-refractivity contribution in [3.8, 4) is 11.1 Å². The molecule has 1 aliphatic heterocycles. The van der Waals surface area contributed by atoms with Gasteiger partial charge in [-0.05, 0) is 43.1 Å². The highest BCUT2D eigenvalue weighted by Gasteiger charge is 2.53. The van der Waals surface area contributed by atoms with E-state index in [0.29, 0.717) is 35.6 Å².